The minimum Gasteiger partial charge on any atom is -0.484 e. The number of amides is 1. The van der Waals surface area contributed by atoms with E-state index in [2.05, 4.69) is 6.92 Å². The van der Waals surface area contributed by atoms with Gasteiger partial charge in [0.25, 0.3) is 5.91 Å². The summed E-state index contributed by atoms with van der Waals surface area (Å²) in [5.41, 5.74) is 0.482. The molecule has 1 aromatic heterocycles. The van der Waals surface area contributed by atoms with Crippen LogP contribution in [0.3, 0.4) is 0 Å². The van der Waals surface area contributed by atoms with E-state index in [0.717, 1.165) is 49.5 Å². The minimum atomic E-state index is -0.595. The third kappa shape index (κ3) is 4.17. The van der Waals surface area contributed by atoms with Gasteiger partial charge in [0.1, 0.15) is 11.3 Å². The Labute approximate surface area is 170 Å². The zero-order valence-corrected chi connectivity index (χ0v) is 17.0. The predicted octanol–water partition coefficient (Wildman–Crippen LogP) is 3.28. The van der Waals surface area contributed by atoms with Crippen LogP contribution in [0.15, 0.2) is 33.5 Å². The topological polar surface area (TPSA) is 80.0 Å². The van der Waals surface area contributed by atoms with E-state index in [-0.39, 0.29) is 24.1 Å². The molecule has 1 aliphatic carbocycles. The molecule has 2 atom stereocenters. The molecule has 4 rings (SSSR count). The number of hydrogen-bond acceptors (Lipinski definition) is 5. The molecule has 0 unspecified atom stereocenters. The van der Waals surface area contributed by atoms with Crippen LogP contribution in [0.25, 0.3) is 11.0 Å². The van der Waals surface area contributed by atoms with E-state index < -0.39 is 5.60 Å². The maximum absolute atomic E-state index is 12.7. The van der Waals surface area contributed by atoms with Crippen LogP contribution in [0.5, 0.6) is 5.75 Å². The van der Waals surface area contributed by atoms with E-state index in [1.807, 2.05) is 17.0 Å². The summed E-state index contributed by atoms with van der Waals surface area (Å²) in [4.78, 5) is 26.3. The van der Waals surface area contributed by atoms with Gasteiger partial charge in [-0.1, -0.05) is 26.2 Å². The van der Waals surface area contributed by atoms with Gasteiger partial charge in [-0.3, -0.25) is 4.79 Å². The van der Waals surface area contributed by atoms with Crippen molar-refractivity contribution in [2.45, 2.75) is 57.5 Å². The molecule has 0 radical (unpaired) electrons. The first-order valence-electron chi connectivity index (χ1n) is 10.7. The molecule has 6 heteroatoms. The van der Waals surface area contributed by atoms with Crippen LogP contribution >= 0.6 is 0 Å². The van der Waals surface area contributed by atoms with Crippen molar-refractivity contribution in [3.05, 3.63) is 40.2 Å². The number of rotatable bonds is 5. The number of aryl methyl sites for hydroxylation is 1. The standard InChI is InChI=1S/C23H29NO5/c1-2-5-16-12-22(26)29-20-13-18(7-8-19(16)20)28-15-21(25)24-11-10-23(27)9-4-3-6-17(23)14-24/h7-8,12-13,17,27H,2-6,9-11,14-15H2,1H3/t17-,23-/m1/s1. The van der Waals surface area contributed by atoms with E-state index >= 15 is 0 Å². The Morgan fingerprint density at radius 3 is 3.00 bits per heavy atom. The SMILES string of the molecule is CCCc1cc(=O)oc2cc(OCC(=O)N3CC[C@]4(O)CCCC[C@@H]4C3)ccc12. The van der Waals surface area contributed by atoms with Gasteiger partial charge in [0.2, 0.25) is 0 Å². The van der Waals surface area contributed by atoms with Gasteiger partial charge in [0, 0.05) is 36.5 Å². The molecule has 2 aliphatic rings. The molecule has 1 aromatic carbocycles. The highest BCUT2D eigenvalue weighted by Gasteiger charge is 2.43. The molecule has 1 saturated carbocycles. The monoisotopic (exact) mass is 399 g/mol. The summed E-state index contributed by atoms with van der Waals surface area (Å²) >= 11 is 0. The average molecular weight is 399 g/mol. The Morgan fingerprint density at radius 2 is 2.17 bits per heavy atom. The number of benzene rings is 1. The van der Waals surface area contributed by atoms with Crippen LogP contribution in [0.1, 0.15) is 51.0 Å². The lowest BCUT2D eigenvalue weighted by atomic mass is 9.71. The van der Waals surface area contributed by atoms with Crippen molar-refractivity contribution in [2.24, 2.45) is 5.92 Å². The molecular weight excluding hydrogens is 370 g/mol. The van der Waals surface area contributed by atoms with Gasteiger partial charge in [-0.2, -0.15) is 0 Å². The second-order valence-electron chi connectivity index (χ2n) is 8.42. The Hall–Kier alpha value is -2.34. The highest BCUT2D eigenvalue weighted by molar-refractivity contribution is 5.82. The fourth-order valence-electron chi connectivity index (χ4n) is 4.81. The Bertz CT molecular complexity index is 952. The van der Waals surface area contributed by atoms with Crippen molar-refractivity contribution >= 4 is 16.9 Å². The first-order valence-corrected chi connectivity index (χ1v) is 10.7. The van der Waals surface area contributed by atoms with E-state index in [4.69, 9.17) is 9.15 Å². The van der Waals surface area contributed by atoms with E-state index in [9.17, 15) is 14.7 Å². The molecule has 1 amide bonds. The highest BCUT2D eigenvalue weighted by Crippen LogP contribution is 2.39. The second kappa shape index (κ2) is 8.19. The number of carbonyl (C=O) groups is 1. The molecule has 2 fully saturated rings. The van der Waals surface area contributed by atoms with Crippen molar-refractivity contribution in [2.75, 3.05) is 19.7 Å². The van der Waals surface area contributed by atoms with Crippen LogP contribution in [0.4, 0.5) is 0 Å². The number of hydrogen-bond donors (Lipinski definition) is 1. The van der Waals surface area contributed by atoms with Crippen molar-refractivity contribution in [3.8, 4) is 5.75 Å². The lowest BCUT2D eigenvalue weighted by molar-refractivity contribution is -0.145. The molecule has 1 saturated heterocycles. The number of ether oxygens (including phenoxy) is 1. The number of aliphatic hydroxyl groups is 1. The third-order valence-electron chi connectivity index (χ3n) is 6.46. The molecule has 2 aromatic rings. The first kappa shape index (κ1) is 20.0. The minimum absolute atomic E-state index is 0.0600. The lowest BCUT2D eigenvalue weighted by Gasteiger charge is -2.47. The highest BCUT2D eigenvalue weighted by atomic mass is 16.5. The third-order valence-corrected chi connectivity index (χ3v) is 6.46. The molecular formula is C23H29NO5. The molecule has 1 aliphatic heterocycles. The summed E-state index contributed by atoms with van der Waals surface area (Å²) in [5, 5.41) is 11.7. The smallest absolute Gasteiger partial charge is 0.336 e. The average Bonchev–Trinajstić information content (AvgIpc) is 2.71. The summed E-state index contributed by atoms with van der Waals surface area (Å²) in [6, 6.07) is 6.91. The summed E-state index contributed by atoms with van der Waals surface area (Å²) < 4.78 is 11.0. The fraction of sp³-hybridized carbons (Fsp3) is 0.565. The van der Waals surface area contributed by atoms with Gasteiger partial charge >= 0.3 is 5.63 Å². The van der Waals surface area contributed by atoms with Crippen molar-refractivity contribution in [1.82, 2.24) is 4.90 Å². The zero-order valence-electron chi connectivity index (χ0n) is 17.0. The van der Waals surface area contributed by atoms with Gasteiger partial charge < -0.3 is 19.2 Å². The molecule has 0 bridgehead atoms. The van der Waals surface area contributed by atoms with Crippen molar-refractivity contribution in [1.29, 1.82) is 0 Å². The van der Waals surface area contributed by atoms with Crippen molar-refractivity contribution < 1.29 is 19.1 Å². The number of nitrogens with zero attached hydrogens (tertiary/aromatic N) is 1. The maximum atomic E-state index is 12.7. The summed E-state index contributed by atoms with van der Waals surface area (Å²) in [5.74, 6) is 0.605. The summed E-state index contributed by atoms with van der Waals surface area (Å²) in [7, 11) is 0. The van der Waals surface area contributed by atoms with Crippen LogP contribution < -0.4 is 10.4 Å². The summed E-state index contributed by atoms with van der Waals surface area (Å²) in [6.45, 7) is 3.18. The molecule has 1 N–H and O–H groups in total. The Morgan fingerprint density at radius 1 is 1.31 bits per heavy atom. The fourth-order valence-corrected chi connectivity index (χ4v) is 4.81. The van der Waals surface area contributed by atoms with E-state index in [1.165, 1.54) is 0 Å². The molecule has 29 heavy (non-hydrogen) atoms. The first-order chi connectivity index (χ1) is 14.0. The lowest BCUT2D eigenvalue weighted by Crippen LogP contribution is -2.55. The van der Waals surface area contributed by atoms with Crippen LogP contribution in [-0.2, 0) is 11.2 Å². The predicted molar refractivity (Wildman–Crippen MR) is 110 cm³/mol. The second-order valence-corrected chi connectivity index (χ2v) is 8.42. The Balaban J connectivity index is 1.41. The van der Waals surface area contributed by atoms with Crippen LogP contribution in [0.2, 0.25) is 0 Å². The van der Waals surface area contributed by atoms with Gasteiger partial charge in [-0.05, 0) is 43.4 Å². The van der Waals surface area contributed by atoms with Gasteiger partial charge in [0.05, 0.1) is 5.60 Å². The van der Waals surface area contributed by atoms with Gasteiger partial charge in [-0.15, -0.1) is 0 Å². The van der Waals surface area contributed by atoms with E-state index in [0.29, 0.717) is 30.8 Å². The van der Waals surface area contributed by atoms with E-state index in [1.54, 1.807) is 12.1 Å². The van der Waals surface area contributed by atoms with Crippen LogP contribution in [-0.4, -0.2) is 41.2 Å². The number of piperidine rings is 1. The number of carbonyl (C=O) groups excluding carboxylic acids is 1. The van der Waals surface area contributed by atoms with Crippen LogP contribution in [0, 0.1) is 5.92 Å². The van der Waals surface area contributed by atoms with Gasteiger partial charge in [-0.25, -0.2) is 4.79 Å². The number of likely N-dealkylation sites (tertiary alicyclic amines) is 1. The zero-order chi connectivity index (χ0) is 20.4. The normalized spacial score (nSPS) is 24.3. The molecule has 156 valence electrons. The largest absolute Gasteiger partial charge is 0.484 e. The van der Waals surface area contributed by atoms with Crippen molar-refractivity contribution in [3.63, 3.8) is 0 Å². The van der Waals surface area contributed by atoms with Gasteiger partial charge in [0.15, 0.2) is 6.61 Å². The maximum Gasteiger partial charge on any atom is 0.336 e. The Kier molecular flexibility index (Phi) is 5.63. The summed E-state index contributed by atoms with van der Waals surface area (Å²) in [6.07, 6.45) is 6.41. The number of fused-ring (bicyclic) bond motifs is 2. The quantitative estimate of drug-likeness (QED) is 0.781. The molecule has 2 heterocycles. The molecule has 6 nitrogen and oxygen atoms in total. The molecule has 0 spiro atoms.